The Bertz CT molecular complexity index is 566. The minimum atomic E-state index is -3.35. The standard InChI is InChI=1S/C11H14N2O3S/c1-3-7-11(14)13-10-8(12-7)5-4-6-9(10)17(2,15)16/h4-7,12H,3H2,1-2H3,(H,13,14). The fraction of sp³-hybridized carbons (Fsp3) is 0.364. The lowest BCUT2D eigenvalue weighted by atomic mass is 10.1. The van der Waals surface area contributed by atoms with E-state index in [0.29, 0.717) is 17.8 Å². The normalized spacial score (nSPS) is 19.2. The number of nitrogens with one attached hydrogen (secondary N) is 2. The number of carbonyl (C=O) groups excluding carboxylic acids is 1. The Morgan fingerprint density at radius 3 is 2.65 bits per heavy atom. The largest absolute Gasteiger partial charge is 0.372 e. The number of fused-ring (bicyclic) bond motifs is 1. The molecule has 0 spiro atoms. The van der Waals surface area contributed by atoms with Gasteiger partial charge in [-0.05, 0) is 18.6 Å². The number of hydrogen-bond acceptors (Lipinski definition) is 4. The molecule has 2 rings (SSSR count). The van der Waals surface area contributed by atoms with Gasteiger partial charge in [-0.15, -0.1) is 0 Å². The van der Waals surface area contributed by atoms with Crippen molar-refractivity contribution < 1.29 is 13.2 Å². The molecule has 0 aromatic heterocycles. The number of benzene rings is 1. The van der Waals surface area contributed by atoms with Gasteiger partial charge in [0, 0.05) is 6.26 Å². The molecule has 1 heterocycles. The summed E-state index contributed by atoms with van der Waals surface area (Å²) in [5, 5.41) is 5.69. The predicted molar refractivity (Wildman–Crippen MR) is 65.9 cm³/mol. The number of sulfone groups is 1. The van der Waals surface area contributed by atoms with E-state index in [2.05, 4.69) is 10.6 Å². The summed E-state index contributed by atoms with van der Waals surface area (Å²) in [6.45, 7) is 1.89. The molecule has 0 saturated carbocycles. The topological polar surface area (TPSA) is 75.3 Å². The van der Waals surface area contributed by atoms with E-state index >= 15 is 0 Å². The van der Waals surface area contributed by atoms with Gasteiger partial charge in [0.05, 0.1) is 16.3 Å². The monoisotopic (exact) mass is 254 g/mol. The van der Waals surface area contributed by atoms with E-state index in [1.807, 2.05) is 6.92 Å². The number of amides is 1. The quantitative estimate of drug-likeness (QED) is 0.832. The Morgan fingerprint density at radius 1 is 1.35 bits per heavy atom. The molecule has 0 bridgehead atoms. The lowest BCUT2D eigenvalue weighted by Crippen LogP contribution is -2.38. The first-order chi connectivity index (χ1) is 7.93. The van der Waals surface area contributed by atoms with Crippen molar-refractivity contribution in [3.8, 4) is 0 Å². The molecule has 6 heteroatoms. The fourth-order valence-electron chi connectivity index (χ4n) is 1.84. The van der Waals surface area contributed by atoms with Crippen molar-refractivity contribution in [2.75, 3.05) is 16.9 Å². The lowest BCUT2D eigenvalue weighted by molar-refractivity contribution is -0.117. The summed E-state index contributed by atoms with van der Waals surface area (Å²) >= 11 is 0. The zero-order valence-electron chi connectivity index (χ0n) is 9.65. The number of para-hydroxylation sites is 1. The summed E-state index contributed by atoms with van der Waals surface area (Å²) in [6.07, 6.45) is 1.77. The molecule has 92 valence electrons. The number of rotatable bonds is 2. The van der Waals surface area contributed by atoms with Gasteiger partial charge in [-0.2, -0.15) is 0 Å². The minimum Gasteiger partial charge on any atom is -0.372 e. The van der Waals surface area contributed by atoms with Gasteiger partial charge in [0.2, 0.25) is 5.91 Å². The molecule has 1 aromatic carbocycles. The lowest BCUT2D eigenvalue weighted by Gasteiger charge is -2.27. The van der Waals surface area contributed by atoms with E-state index in [1.54, 1.807) is 12.1 Å². The van der Waals surface area contributed by atoms with Crippen LogP contribution in [0.3, 0.4) is 0 Å². The molecular formula is C11H14N2O3S. The zero-order valence-corrected chi connectivity index (χ0v) is 10.5. The summed E-state index contributed by atoms with van der Waals surface area (Å²) in [6, 6.07) is 4.60. The van der Waals surface area contributed by atoms with Crippen LogP contribution in [0.5, 0.6) is 0 Å². The van der Waals surface area contributed by atoms with Crippen LogP contribution in [-0.4, -0.2) is 26.6 Å². The highest BCUT2D eigenvalue weighted by molar-refractivity contribution is 7.90. The van der Waals surface area contributed by atoms with Gasteiger partial charge in [-0.1, -0.05) is 13.0 Å². The number of hydrogen-bond donors (Lipinski definition) is 2. The third-order valence-corrected chi connectivity index (χ3v) is 3.87. The summed E-state index contributed by atoms with van der Waals surface area (Å²) in [4.78, 5) is 11.8. The van der Waals surface area contributed by atoms with Crippen LogP contribution >= 0.6 is 0 Å². The van der Waals surface area contributed by atoms with Crippen molar-refractivity contribution in [2.24, 2.45) is 0 Å². The van der Waals surface area contributed by atoms with Crippen molar-refractivity contribution in [3.05, 3.63) is 18.2 Å². The van der Waals surface area contributed by atoms with E-state index in [-0.39, 0.29) is 16.8 Å². The third-order valence-electron chi connectivity index (χ3n) is 2.73. The van der Waals surface area contributed by atoms with Gasteiger partial charge < -0.3 is 10.6 Å². The Balaban J connectivity index is 2.55. The molecule has 17 heavy (non-hydrogen) atoms. The van der Waals surface area contributed by atoms with Crippen LogP contribution in [0, 0.1) is 0 Å². The van der Waals surface area contributed by atoms with E-state index in [1.165, 1.54) is 6.07 Å². The first-order valence-corrected chi connectivity index (χ1v) is 7.23. The molecule has 0 saturated heterocycles. The van der Waals surface area contributed by atoms with Crippen LogP contribution in [0.15, 0.2) is 23.1 Å². The van der Waals surface area contributed by atoms with E-state index in [0.717, 1.165) is 6.26 Å². The minimum absolute atomic E-state index is 0.144. The van der Waals surface area contributed by atoms with Gasteiger partial charge >= 0.3 is 0 Å². The van der Waals surface area contributed by atoms with Crippen molar-refractivity contribution >= 4 is 27.1 Å². The molecule has 0 fully saturated rings. The molecule has 1 aliphatic heterocycles. The molecule has 0 aliphatic carbocycles. The average molecular weight is 254 g/mol. The van der Waals surface area contributed by atoms with Crippen LogP contribution in [0.25, 0.3) is 0 Å². The SMILES string of the molecule is CCC1Nc2cccc(S(C)(=O)=O)c2NC1=O. The number of carbonyl (C=O) groups is 1. The maximum Gasteiger partial charge on any atom is 0.246 e. The van der Waals surface area contributed by atoms with Gasteiger partial charge in [0.1, 0.15) is 6.04 Å². The Kier molecular flexibility index (Phi) is 2.82. The summed E-state index contributed by atoms with van der Waals surface area (Å²) in [5.41, 5.74) is 1.00. The smallest absolute Gasteiger partial charge is 0.246 e. The summed E-state index contributed by atoms with van der Waals surface area (Å²) in [5.74, 6) is -0.198. The third kappa shape index (κ3) is 2.12. The molecule has 5 nitrogen and oxygen atoms in total. The maximum atomic E-state index is 11.7. The Hall–Kier alpha value is -1.56. The Labute approximate surface area is 100 Å². The van der Waals surface area contributed by atoms with Crippen LogP contribution in [-0.2, 0) is 14.6 Å². The summed E-state index contributed by atoms with van der Waals surface area (Å²) in [7, 11) is -3.35. The zero-order chi connectivity index (χ0) is 12.6. The molecule has 1 amide bonds. The van der Waals surface area contributed by atoms with Gasteiger partial charge in [-0.3, -0.25) is 4.79 Å². The van der Waals surface area contributed by atoms with Gasteiger partial charge in [-0.25, -0.2) is 8.42 Å². The number of anilines is 2. The van der Waals surface area contributed by atoms with Crippen molar-refractivity contribution in [1.29, 1.82) is 0 Å². The molecular weight excluding hydrogens is 240 g/mol. The highest BCUT2D eigenvalue weighted by Crippen LogP contribution is 2.33. The van der Waals surface area contributed by atoms with Gasteiger partial charge in [0.25, 0.3) is 0 Å². The van der Waals surface area contributed by atoms with E-state index < -0.39 is 9.84 Å². The average Bonchev–Trinajstić information content (AvgIpc) is 2.26. The Morgan fingerprint density at radius 2 is 2.06 bits per heavy atom. The van der Waals surface area contributed by atoms with Crippen LogP contribution in [0.2, 0.25) is 0 Å². The van der Waals surface area contributed by atoms with Crippen molar-refractivity contribution in [1.82, 2.24) is 0 Å². The fourth-order valence-corrected chi connectivity index (χ4v) is 2.70. The predicted octanol–water partition coefficient (Wildman–Crippen LogP) is 1.23. The van der Waals surface area contributed by atoms with Crippen LogP contribution < -0.4 is 10.6 Å². The van der Waals surface area contributed by atoms with Crippen LogP contribution in [0.4, 0.5) is 11.4 Å². The van der Waals surface area contributed by atoms with Crippen molar-refractivity contribution in [2.45, 2.75) is 24.3 Å². The molecule has 1 atom stereocenters. The highest BCUT2D eigenvalue weighted by atomic mass is 32.2. The molecule has 1 aromatic rings. The maximum absolute atomic E-state index is 11.7. The first-order valence-electron chi connectivity index (χ1n) is 5.34. The van der Waals surface area contributed by atoms with Crippen molar-refractivity contribution in [3.63, 3.8) is 0 Å². The summed E-state index contributed by atoms with van der Waals surface area (Å²) < 4.78 is 23.2. The molecule has 0 radical (unpaired) electrons. The first kappa shape index (κ1) is 11.9. The second-order valence-electron chi connectivity index (χ2n) is 4.05. The van der Waals surface area contributed by atoms with Gasteiger partial charge in [0.15, 0.2) is 9.84 Å². The molecule has 2 N–H and O–H groups in total. The molecule has 1 unspecified atom stereocenters. The molecule has 1 aliphatic rings. The highest BCUT2D eigenvalue weighted by Gasteiger charge is 2.27. The second-order valence-corrected chi connectivity index (χ2v) is 6.03. The van der Waals surface area contributed by atoms with Crippen LogP contribution in [0.1, 0.15) is 13.3 Å². The van der Waals surface area contributed by atoms with E-state index in [9.17, 15) is 13.2 Å². The van der Waals surface area contributed by atoms with E-state index in [4.69, 9.17) is 0 Å². The second kappa shape index (κ2) is 4.03.